The molecule has 0 aliphatic carbocycles. The maximum Gasteiger partial charge on any atom is 0.416 e. The van der Waals surface area contributed by atoms with E-state index >= 15 is 0 Å². The fraction of sp³-hybridized carbons (Fsp3) is 0.263. The first-order valence-corrected chi connectivity index (χ1v) is 9.51. The van der Waals surface area contributed by atoms with Gasteiger partial charge in [-0.3, -0.25) is 4.57 Å². The number of halogens is 3. The van der Waals surface area contributed by atoms with Crippen LogP contribution >= 0.6 is 11.8 Å². The third-order valence-corrected chi connectivity index (χ3v) is 5.10. The Morgan fingerprint density at radius 1 is 1.14 bits per heavy atom. The molecule has 1 atom stereocenters. The molecule has 29 heavy (non-hydrogen) atoms. The molecule has 10 heteroatoms. The average molecular weight is 425 g/mol. The second kappa shape index (κ2) is 8.85. The van der Waals surface area contributed by atoms with Crippen LogP contribution in [0.4, 0.5) is 13.2 Å². The quantitative estimate of drug-likeness (QED) is 0.565. The molecule has 1 heterocycles. The van der Waals surface area contributed by atoms with Gasteiger partial charge in [-0.1, -0.05) is 17.8 Å². The van der Waals surface area contributed by atoms with Crippen molar-refractivity contribution in [3.63, 3.8) is 0 Å². The number of aliphatic hydroxyl groups excluding tert-OH is 2. The monoisotopic (exact) mass is 425 g/mol. The smallest absolute Gasteiger partial charge is 0.416 e. The summed E-state index contributed by atoms with van der Waals surface area (Å²) in [5, 5.41) is 27.2. The van der Waals surface area contributed by atoms with Crippen LogP contribution in [0.3, 0.4) is 0 Å². The molecule has 0 amide bonds. The third kappa shape index (κ3) is 4.89. The summed E-state index contributed by atoms with van der Waals surface area (Å²) in [7, 11) is 1.53. The van der Waals surface area contributed by atoms with Crippen molar-refractivity contribution in [2.24, 2.45) is 0 Å². The second-order valence-corrected chi connectivity index (χ2v) is 7.05. The van der Waals surface area contributed by atoms with Gasteiger partial charge in [0.1, 0.15) is 5.75 Å². The van der Waals surface area contributed by atoms with Crippen LogP contribution in [-0.4, -0.2) is 50.6 Å². The maximum atomic E-state index is 13.2. The number of aliphatic hydroxyl groups is 2. The molecule has 2 N–H and O–H groups in total. The summed E-state index contributed by atoms with van der Waals surface area (Å²) in [6.07, 6.45) is -5.49. The molecule has 154 valence electrons. The van der Waals surface area contributed by atoms with Gasteiger partial charge in [-0.2, -0.15) is 13.2 Å². The molecule has 1 unspecified atom stereocenters. The molecule has 6 nitrogen and oxygen atoms in total. The Hall–Kier alpha value is -2.56. The summed E-state index contributed by atoms with van der Waals surface area (Å²) in [4.78, 5) is 0. The number of hydrogen-bond donors (Lipinski definition) is 2. The van der Waals surface area contributed by atoms with Gasteiger partial charge in [0.15, 0.2) is 11.0 Å². The van der Waals surface area contributed by atoms with E-state index in [1.54, 1.807) is 24.3 Å². The van der Waals surface area contributed by atoms with E-state index in [1.807, 2.05) is 0 Å². The molecule has 2 aromatic carbocycles. The SMILES string of the molecule is COc1ccc(-c2nnc(SCC(O)CO)n2-c2cccc(C(F)(F)F)c2)cc1. The summed E-state index contributed by atoms with van der Waals surface area (Å²) < 4.78 is 46.2. The fourth-order valence-corrected chi connectivity index (χ4v) is 3.43. The van der Waals surface area contributed by atoms with Gasteiger partial charge in [-0.05, 0) is 42.5 Å². The van der Waals surface area contributed by atoms with Gasteiger partial charge in [0, 0.05) is 11.3 Å². The lowest BCUT2D eigenvalue weighted by molar-refractivity contribution is -0.137. The number of thioether (sulfide) groups is 1. The zero-order chi connectivity index (χ0) is 21.0. The summed E-state index contributed by atoms with van der Waals surface area (Å²) in [6, 6.07) is 11.7. The number of methoxy groups -OCH3 is 1. The molecule has 3 rings (SSSR count). The van der Waals surface area contributed by atoms with Gasteiger partial charge in [0.2, 0.25) is 0 Å². The van der Waals surface area contributed by atoms with Crippen LogP contribution in [-0.2, 0) is 6.18 Å². The lowest BCUT2D eigenvalue weighted by Gasteiger charge is -2.14. The van der Waals surface area contributed by atoms with Crippen molar-refractivity contribution < 1.29 is 28.1 Å². The highest BCUT2D eigenvalue weighted by molar-refractivity contribution is 7.99. The van der Waals surface area contributed by atoms with E-state index in [4.69, 9.17) is 9.84 Å². The van der Waals surface area contributed by atoms with Gasteiger partial charge < -0.3 is 14.9 Å². The molecule has 0 bridgehead atoms. The molecule has 0 aliphatic heterocycles. The molecule has 0 aliphatic rings. The van der Waals surface area contributed by atoms with Crippen LogP contribution in [0, 0.1) is 0 Å². The van der Waals surface area contributed by atoms with E-state index in [9.17, 15) is 18.3 Å². The van der Waals surface area contributed by atoms with E-state index in [0.717, 1.165) is 23.9 Å². The Morgan fingerprint density at radius 3 is 2.48 bits per heavy atom. The van der Waals surface area contributed by atoms with Gasteiger partial charge in [-0.15, -0.1) is 10.2 Å². The van der Waals surface area contributed by atoms with Crippen molar-refractivity contribution in [2.75, 3.05) is 19.5 Å². The maximum absolute atomic E-state index is 13.2. The number of alkyl halides is 3. The standard InChI is InChI=1S/C19H18F3N3O3S/c1-28-16-7-5-12(6-8-16)17-23-24-18(29-11-15(27)10-26)25(17)14-4-2-3-13(9-14)19(20,21)22/h2-9,15,26-27H,10-11H2,1H3. The third-order valence-electron chi connectivity index (χ3n) is 4.03. The molecule has 0 saturated carbocycles. The lowest BCUT2D eigenvalue weighted by atomic mass is 10.1. The molecule has 0 fully saturated rings. The summed E-state index contributed by atoms with van der Waals surface area (Å²) in [6.45, 7) is -0.434. The van der Waals surface area contributed by atoms with Gasteiger partial charge >= 0.3 is 6.18 Å². The van der Waals surface area contributed by atoms with Crippen molar-refractivity contribution in [3.8, 4) is 22.8 Å². The second-order valence-electron chi connectivity index (χ2n) is 6.07. The molecule has 0 spiro atoms. The predicted molar refractivity (Wildman–Crippen MR) is 102 cm³/mol. The fourth-order valence-electron chi connectivity index (χ4n) is 2.57. The summed E-state index contributed by atoms with van der Waals surface area (Å²) in [5.41, 5.74) is 0.0672. The van der Waals surface area contributed by atoms with Crippen LogP contribution in [0.2, 0.25) is 0 Å². The zero-order valence-corrected chi connectivity index (χ0v) is 16.1. The topological polar surface area (TPSA) is 80.4 Å². The van der Waals surface area contributed by atoms with Gasteiger partial charge in [0.05, 0.1) is 31.1 Å². The first-order valence-electron chi connectivity index (χ1n) is 8.52. The van der Waals surface area contributed by atoms with Crippen LogP contribution < -0.4 is 4.74 Å². The van der Waals surface area contributed by atoms with Crippen LogP contribution in [0.1, 0.15) is 5.56 Å². The predicted octanol–water partition coefficient (Wildman–Crippen LogP) is 3.41. The van der Waals surface area contributed by atoms with Crippen LogP contribution in [0.25, 0.3) is 17.1 Å². The van der Waals surface area contributed by atoms with Crippen LogP contribution in [0.15, 0.2) is 53.7 Å². The van der Waals surface area contributed by atoms with Crippen molar-refractivity contribution in [1.29, 1.82) is 0 Å². The molecule has 1 aromatic heterocycles. The number of benzene rings is 2. The molecular formula is C19H18F3N3O3S. The van der Waals surface area contributed by atoms with Crippen molar-refractivity contribution in [1.82, 2.24) is 14.8 Å². The Kier molecular flexibility index (Phi) is 6.46. The Bertz CT molecular complexity index is 961. The normalized spacial score (nSPS) is 12.8. The minimum absolute atomic E-state index is 0.107. The average Bonchev–Trinajstić information content (AvgIpc) is 3.15. The van der Waals surface area contributed by atoms with Crippen molar-refractivity contribution >= 4 is 11.8 Å². The minimum atomic E-state index is -4.50. The van der Waals surface area contributed by atoms with E-state index in [1.165, 1.54) is 23.8 Å². The first kappa shape index (κ1) is 21.2. The summed E-state index contributed by atoms with van der Waals surface area (Å²) in [5.74, 6) is 1.07. The van der Waals surface area contributed by atoms with Crippen LogP contribution in [0.5, 0.6) is 5.75 Å². The van der Waals surface area contributed by atoms with E-state index in [2.05, 4.69) is 10.2 Å². The number of nitrogens with zero attached hydrogens (tertiary/aromatic N) is 3. The first-order chi connectivity index (χ1) is 13.8. The highest BCUT2D eigenvalue weighted by atomic mass is 32.2. The zero-order valence-electron chi connectivity index (χ0n) is 15.3. The largest absolute Gasteiger partial charge is 0.497 e. The number of rotatable bonds is 7. The lowest BCUT2D eigenvalue weighted by Crippen LogP contribution is -2.15. The molecule has 3 aromatic rings. The Balaban J connectivity index is 2.09. The van der Waals surface area contributed by atoms with E-state index in [0.29, 0.717) is 22.3 Å². The number of ether oxygens (including phenoxy) is 1. The van der Waals surface area contributed by atoms with E-state index < -0.39 is 24.5 Å². The Labute approximate surface area is 169 Å². The molecular weight excluding hydrogens is 407 g/mol. The Morgan fingerprint density at radius 2 is 1.86 bits per heavy atom. The highest BCUT2D eigenvalue weighted by Crippen LogP contribution is 2.33. The van der Waals surface area contributed by atoms with Crippen molar-refractivity contribution in [2.45, 2.75) is 17.4 Å². The number of hydrogen-bond acceptors (Lipinski definition) is 6. The molecule has 0 saturated heterocycles. The van der Waals surface area contributed by atoms with Gasteiger partial charge in [-0.25, -0.2) is 0 Å². The van der Waals surface area contributed by atoms with Gasteiger partial charge in [0.25, 0.3) is 0 Å². The highest BCUT2D eigenvalue weighted by Gasteiger charge is 2.31. The van der Waals surface area contributed by atoms with E-state index in [-0.39, 0.29) is 11.4 Å². The minimum Gasteiger partial charge on any atom is -0.497 e. The summed E-state index contributed by atoms with van der Waals surface area (Å²) >= 11 is 1.08. The van der Waals surface area contributed by atoms with Crippen molar-refractivity contribution in [3.05, 3.63) is 54.1 Å². The number of aromatic nitrogens is 3. The molecule has 0 radical (unpaired) electrons.